The SMILES string of the molecule is CC(C(=O)O)N(C(=O)C(O)C1CCCCC1)C1CC1. The van der Waals surface area contributed by atoms with Crippen molar-refractivity contribution in [2.24, 2.45) is 5.92 Å². The van der Waals surface area contributed by atoms with Crippen molar-refractivity contribution in [2.75, 3.05) is 0 Å². The van der Waals surface area contributed by atoms with Crippen molar-refractivity contribution in [1.82, 2.24) is 4.90 Å². The van der Waals surface area contributed by atoms with Gasteiger partial charge in [0, 0.05) is 6.04 Å². The van der Waals surface area contributed by atoms with E-state index in [9.17, 15) is 14.7 Å². The van der Waals surface area contributed by atoms with Crippen LogP contribution in [0.1, 0.15) is 51.9 Å². The van der Waals surface area contributed by atoms with E-state index in [0.717, 1.165) is 44.9 Å². The van der Waals surface area contributed by atoms with Gasteiger partial charge in [-0.3, -0.25) is 4.79 Å². The van der Waals surface area contributed by atoms with Crippen LogP contribution in [0.4, 0.5) is 0 Å². The Morgan fingerprint density at radius 2 is 1.68 bits per heavy atom. The summed E-state index contributed by atoms with van der Waals surface area (Å²) in [5.41, 5.74) is 0. The summed E-state index contributed by atoms with van der Waals surface area (Å²) in [6.45, 7) is 1.52. The van der Waals surface area contributed by atoms with Gasteiger partial charge in [-0.25, -0.2) is 4.79 Å². The van der Waals surface area contributed by atoms with Gasteiger partial charge in [0.2, 0.25) is 0 Å². The number of carbonyl (C=O) groups excluding carboxylic acids is 1. The Labute approximate surface area is 113 Å². The summed E-state index contributed by atoms with van der Waals surface area (Å²) >= 11 is 0. The molecule has 2 N–H and O–H groups in total. The van der Waals surface area contributed by atoms with Crippen molar-refractivity contribution in [3.8, 4) is 0 Å². The van der Waals surface area contributed by atoms with Gasteiger partial charge in [0.1, 0.15) is 12.1 Å². The second-order valence-electron chi connectivity index (χ2n) is 5.83. The molecular weight excluding hydrogens is 246 g/mol. The molecule has 19 heavy (non-hydrogen) atoms. The highest BCUT2D eigenvalue weighted by Gasteiger charge is 2.42. The number of carbonyl (C=O) groups is 2. The molecular formula is C14H23NO4. The summed E-state index contributed by atoms with van der Waals surface area (Å²) in [6.07, 6.45) is 5.67. The zero-order valence-electron chi connectivity index (χ0n) is 11.4. The Morgan fingerprint density at radius 1 is 1.11 bits per heavy atom. The van der Waals surface area contributed by atoms with E-state index < -0.39 is 18.1 Å². The van der Waals surface area contributed by atoms with E-state index in [0.29, 0.717) is 0 Å². The molecule has 2 atom stereocenters. The second kappa shape index (κ2) is 5.90. The van der Waals surface area contributed by atoms with Gasteiger partial charge in [-0.05, 0) is 38.5 Å². The van der Waals surface area contributed by atoms with Gasteiger partial charge in [-0.1, -0.05) is 19.3 Å². The molecule has 0 saturated heterocycles. The highest BCUT2D eigenvalue weighted by atomic mass is 16.4. The smallest absolute Gasteiger partial charge is 0.326 e. The third-order valence-corrected chi connectivity index (χ3v) is 4.32. The van der Waals surface area contributed by atoms with E-state index in [1.807, 2.05) is 0 Å². The summed E-state index contributed by atoms with van der Waals surface area (Å²) < 4.78 is 0. The minimum atomic E-state index is -1.03. The van der Waals surface area contributed by atoms with E-state index in [-0.39, 0.29) is 17.9 Å². The first-order chi connectivity index (χ1) is 9.02. The molecule has 2 aliphatic rings. The summed E-state index contributed by atoms with van der Waals surface area (Å²) in [7, 11) is 0. The highest BCUT2D eigenvalue weighted by Crippen LogP contribution is 2.32. The minimum absolute atomic E-state index is 0.00324. The lowest BCUT2D eigenvalue weighted by atomic mass is 9.84. The van der Waals surface area contributed by atoms with Crippen LogP contribution in [0.5, 0.6) is 0 Å². The molecule has 0 aliphatic heterocycles. The number of nitrogens with zero attached hydrogens (tertiary/aromatic N) is 1. The van der Waals surface area contributed by atoms with Gasteiger partial charge in [-0.2, -0.15) is 0 Å². The number of aliphatic hydroxyl groups excluding tert-OH is 1. The molecule has 2 fully saturated rings. The number of rotatable bonds is 5. The summed E-state index contributed by atoms with van der Waals surface area (Å²) in [5.74, 6) is -1.39. The molecule has 0 aromatic heterocycles. The van der Waals surface area contributed by atoms with Gasteiger partial charge in [0.15, 0.2) is 0 Å². The van der Waals surface area contributed by atoms with E-state index in [1.54, 1.807) is 0 Å². The average molecular weight is 269 g/mol. The number of amides is 1. The monoisotopic (exact) mass is 269 g/mol. The molecule has 0 spiro atoms. The average Bonchev–Trinajstić information content (AvgIpc) is 3.23. The first kappa shape index (κ1) is 14.3. The molecule has 0 bridgehead atoms. The summed E-state index contributed by atoms with van der Waals surface area (Å²) in [5, 5.41) is 19.3. The Bertz CT molecular complexity index is 347. The second-order valence-corrected chi connectivity index (χ2v) is 5.83. The molecule has 108 valence electrons. The summed E-state index contributed by atoms with van der Waals surface area (Å²) in [6, 6.07) is -0.838. The Hall–Kier alpha value is -1.10. The Balaban J connectivity index is 2.03. The van der Waals surface area contributed by atoms with Crippen LogP contribution in [0, 0.1) is 5.92 Å². The first-order valence-corrected chi connectivity index (χ1v) is 7.25. The quantitative estimate of drug-likeness (QED) is 0.790. The van der Waals surface area contributed by atoms with Gasteiger partial charge < -0.3 is 15.1 Å². The van der Waals surface area contributed by atoms with Crippen molar-refractivity contribution in [3.05, 3.63) is 0 Å². The van der Waals surface area contributed by atoms with Crippen LogP contribution >= 0.6 is 0 Å². The van der Waals surface area contributed by atoms with Gasteiger partial charge in [0.05, 0.1) is 0 Å². The topological polar surface area (TPSA) is 77.8 Å². The fourth-order valence-corrected chi connectivity index (χ4v) is 2.96. The third-order valence-electron chi connectivity index (χ3n) is 4.32. The largest absolute Gasteiger partial charge is 0.480 e. The number of carboxylic acids is 1. The van der Waals surface area contributed by atoms with E-state index in [4.69, 9.17) is 5.11 Å². The number of aliphatic carboxylic acids is 1. The van der Waals surface area contributed by atoms with Crippen molar-refractivity contribution < 1.29 is 19.8 Å². The van der Waals surface area contributed by atoms with Crippen LogP contribution in [-0.2, 0) is 9.59 Å². The van der Waals surface area contributed by atoms with Crippen molar-refractivity contribution in [2.45, 2.75) is 70.1 Å². The minimum Gasteiger partial charge on any atom is -0.480 e. The molecule has 5 nitrogen and oxygen atoms in total. The van der Waals surface area contributed by atoms with E-state index >= 15 is 0 Å². The van der Waals surface area contributed by atoms with Crippen molar-refractivity contribution in [3.63, 3.8) is 0 Å². The standard InChI is InChI=1S/C14H23NO4/c1-9(14(18)19)15(11-7-8-11)13(17)12(16)10-5-3-2-4-6-10/h9-12,16H,2-8H2,1H3,(H,18,19). The van der Waals surface area contributed by atoms with E-state index in [2.05, 4.69) is 0 Å². The molecule has 2 saturated carbocycles. The van der Waals surface area contributed by atoms with Gasteiger partial charge in [0.25, 0.3) is 5.91 Å². The van der Waals surface area contributed by atoms with Crippen LogP contribution in [0.3, 0.4) is 0 Å². The number of hydrogen-bond acceptors (Lipinski definition) is 3. The predicted molar refractivity (Wildman–Crippen MR) is 69.5 cm³/mol. The normalized spacial score (nSPS) is 23.7. The Morgan fingerprint density at radius 3 is 2.16 bits per heavy atom. The van der Waals surface area contributed by atoms with Crippen LogP contribution in [0.25, 0.3) is 0 Å². The number of carboxylic acid groups (broad SMARTS) is 1. The van der Waals surface area contributed by atoms with Gasteiger partial charge in [-0.15, -0.1) is 0 Å². The van der Waals surface area contributed by atoms with Crippen LogP contribution in [0.15, 0.2) is 0 Å². The fourth-order valence-electron chi connectivity index (χ4n) is 2.96. The molecule has 0 radical (unpaired) electrons. The van der Waals surface area contributed by atoms with Gasteiger partial charge >= 0.3 is 5.97 Å². The lowest BCUT2D eigenvalue weighted by Gasteiger charge is -2.33. The zero-order valence-corrected chi connectivity index (χ0v) is 11.4. The molecule has 1 amide bonds. The third kappa shape index (κ3) is 3.26. The molecule has 0 aromatic carbocycles. The van der Waals surface area contributed by atoms with Crippen molar-refractivity contribution >= 4 is 11.9 Å². The molecule has 2 unspecified atom stereocenters. The van der Waals surface area contributed by atoms with Crippen LogP contribution in [0.2, 0.25) is 0 Å². The molecule has 0 aromatic rings. The maximum Gasteiger partial charge on any atom is 0.326 e. The molecule has 5 heteroatoms. The molecule has 2 rings (SSSR count). The lowest BCUT2D eigenvalue weighted by molar-refractivity contribution is -0.156. The maximum atomic E-state index is 12.4. The predicted octanol–water partition coefficient (Wildman–Crippen LogP) is 1.39. The number of hydrogen-bond donors (Lipinski definition) is 2. The summed E-state index contributed by atoms with van der Waals surface area (Å²) in [4.78, 5) is 24.9. The highest BCUT2D eigenvalue weighted by molar-refractivity contribution is 5.86. The maximum absolute atomic E-state index is 12.4. The first-order valence-electron chi connectivity index (χ1n) is 7.25. The fraction of sp³-hybridized carbons (Fsp3) is 0.857. The lowest BCUT2D eigenvalue weighted by Crippen LogP contribution is -2.51. The van der Waals surface area contributed by atoms with Crippen LogP contribution < -0.4 is 0 Å². The van der Waals surface area contributed by atoms with Crippen molar-refractivity contribution in [1.29, 1.82) is 0 Å². The Kier molecular flexibility index (Phi) is 4.45. The van der Waals surface area contributed by atoms with Crippen LogP contribution in [-0.4, -0.2) is 45.2 Å². The zero-order chi connectivity index (χ0) is 14.0. The molecule has 0 heterocycles. The number of aliphatic hydroxyl groups is 1. The molecule has 2 aliphatic carbocycles. The van der Waals surface area contributed by atoms with E-state index in [1.165, 1.54) is 11.8 Å².